The Kier molecular flexibility index (Phi) is 3.88. The van der Waals surface area contributed by atoms with Crippen LogP contribution in [0.2, 0.25) is 5.02 Å². The van der Waals surface area contributed by atoms with Crippen LogP contribution in [0.3, 0.4) is 0 Å². The molecule has 126 valence electrons. The molecule has 1 aliphatic heterocycles. The maximum Gasteiger partial charge on any atom is 0.257 e. The normalized spacial score (nSPS) is 13.8. The lowest BCUT2D eigenvalue weighted by molar-refractivity contribution is 0.0729. The Balaban J connectivity index is 1.66. The Morgan fingerprint density at radius 1 is 1.12 bits per heavy atom. The van der Waals surface area contributed by atoms with Crippen molar-refractivity contribution in [3.63, 3.8) is 0 Å². The van der Waals surface area contributed by atoms with Crippen molar-refractivity contribution in [1.29, 1.82) is 0 Å². The van der Waals surface area contributed by atoms with Crippen molar-refractivity contribution < 1.29 is 13.6 Å². The summed E-state index contributed by atoms with van der Waals surface area (Å²) in [6.07, 6.45) is 0.586. The number of hydrogen-bond acceptors (Lipinski definition) is 2. The number of fused-ring (bicyclic) bond motifs is 2. The highest BCUT2D eigenvalue weighted by Crippen LogP contribution is 2.26. The molecule has 2 aromatic carbocycles. The van der Waals surface area contributed by atoms with Gasteiger partial charge in [-0.1, -0.05) is 11.6 Å². The van der Waals surface area contributed by atoms with Crippen LogP contribution >= 0.6 is 11.6 Å². The fourth-order valence-corrected chi connectivity index (χ4v) is 3.30. The molecule has 0 spiro atoms. The van der Waals surface area contributed by atoms with Crippen molar-refractivity contribution >= 4 is 28.4 Å². The zero-order chi connectivity index (χ0) is 17.6. The highest BCUT2D eigenvalue weighted by molar-refractivity contribution is 6.31. The Morgan fingerprint density at radius 2 is 1.96 bits per heavy atom. The molecule has 2 heterocycles. The van der Waals surface area contributed by atoms with Crippen molar-refractivity contribution in [1.82, 2.24) is 9.88 Å². The van der Waals surface area contributed by atoms with Crippen LogP contribution in [0, 0.1) is 11.6 Å². The van der Waals surface area contributed by atoms with E-state index in [-0.39, 0.29) is 5.56 Å². The number of benzene rings is 2. The second-order valence-electron chi connectivity index (χ2n) is 6.03. The second-order valence-corrected chi connectivity index (χ2v) is 6.47. The van der Waals surface area contributed by atoms with E-state index in [0.717, 1.165) is 34.3 Å². The molecule has 25 heavy (non-hydrogen) atoms. The molecular formula is C19H13ClF2N2O. The molecule has 6 heteroatoms. The predicted molar refractivity (Wildman–Crippen MR) is 91.6 cm³/mol. The van der Waals surface area contributed by atoms with Gasteiger partial charge in [0.15, 0.2) is 0 Å². The van der Waals surface area contributed by atoms with Gasteiger partial charge in [0.2, 0.25) is 0 Å². The molecule has 1 aromatic heterocycles. The molecule has 0 atom stereocenters. The number of pyridine rings is 1. The summed E-state index contributed by atoms with van der Waals surface area (Å²) in [5.74, 6) is -2.00. The fourth-order valence-electron chi connectivity index (χ4n) is 3.12. The molecule has 1 amide bonds. The molecule has 3 nitrogen and oxygen atoms in total. The molecule has 0 N–H and O–H groups in total. The largest absolute Gasteiger partial charge is 0.334 e. The summed E-state index contributed by atoms with van der Waals surface area (Å²) in [5, 5.41) is 1.51. The van der Waals surface area contributed by atoms with Gasteiger partial charge in [-0.3, -0.25) is 9.78 Å². The van der Waals surface area contributed by atoms with Crippen molar-refractivity contribution in [2.24, 2.45) is 0 Å². The number of carbonyl (C=O) groups is 1. The smallest absolute Gasteiger partial charge is 0.257 e. The molecule has 0 unspecified atom stereocenters. The monoisotopic (exact) mass is 358 g/mol. The van der Waals surface area contributed by atoms with Crippen LogP contribution in [0.4, 0.5) is 8.78 Å². The zero-order valence-corrected chi connectivity index (χ0v) is 13.9. The number of hydrogen-bond donors (Lipinski definition) is 0. The van der Waals surface area contributed by atoms with E-state index < -0.39 is 17.5 Å². The molecule has 0 radical (unpaired) electrons. The lowest BCUT2D eigenvalue weighted by Gasteiger charge is -2.28. The minimum absolute atomic E-state index is 0.123. The van der Waals surface area contributed by atoms with Crippen LogP contribution in [0.15, 0.2) is 42.5 Å². The van der Waals surface area contributed by atoms with Gasteiger partial charge in [0.25, 0.3) is 5.91 Å². The number of nitrogens with zero attached hydrogens (tertiary/aromatic N) is 2. The Bertz CT molecular complexity index is 1010. The Morgan fingerprint density at radius 3 is 2.76 bits per heavy atom. The number of rotatable bonds is 1. The van der Waals surface area contributed by atoms with Gasteiger partial charge < -0.3 is 4.90 Å². The SMILES string of the molecule is O=C(c1ccc(F)cc1F)N1CCc2nc3ccc(Cl)cc3cc2C1. The molecule has 0 fully saturated rings. The van der Waals surface area contributed by atoms with E-state index >= 15 is 0 Å². The molecule has 0 aliphatic carbocycles. The average Bonchev–Trinajstić information content (AvgIpc) is 2.59. The first-order valence-electron chi connectivity index (χ1n) is 7.83. The third-order valence-electron chi connectivity index (χ3n) is 4.37. The average molecular weight is 359 g/mol. The molecule has 3 aromatic rings. The zero-order valence-electron chi connectivity index (χ0n) is 13.1. The van der Waals surface area contributed by atoms with Gasteiger partial charge in [-0.25, -0.2) is 8.78 Å². The van der Waals surface area contributed by atoms with Gasteiger partial charge in [0, 0.05) is 41.7 Å². The maximum atomic E-state index is 13.9. The fraction of sp³-hybridized carbons (Fsp3) is 0.158. The van der Waals surface area contributed by atoms with Gasteiger partial charge in [0.1, 0.15) is 11.6 Å². The molecule has 1 aliphatic rings. The summed E-state index contributed by atoms with van der Waals surface area (Å²) in [6.45, 7) is 0.773. The van der Waals surface area contributed by atoms with E-state index in [1.54, 1.807) is 11.0 Å². The van der Waals surface area contributed by atoms with Crippen molar-refractivity contribution in [2.45, 2.75) is 13.0 Å². The molecule has 0 saturated carbocycles. The topological polar surface area (TPSA) is 33.2 Å². The van der Waals surface area contributed by atoms with Gasteiger partial charge in [-0.05, 0) is 42.0 Å². The van der Waals surface area contributed by atoms with Gasteiger partial charge in [-0.2, -0.15) is 0 Å². The highest BCUT2D eigenvalue weighted by atomic mass is 35.5. The summed E-state index contributed by atoms with van der Waals surface area (Å²) < 4.78 is 26.9. The first kappa shape index (κ1) is 16.0. The lowest BCUT2D eigenvalue weighted by Crippen LogP contribution is -2.36. The van der Waals surface area contributed by atoms with Crippen LogP contribution in [0.25, 0.3) is 10.9 Å². The van der Waals surface area contributed by atoms with E-state index in [4.69, 9.17) is 11.6 Å². The summed E-state index contributed by atoms with van der Waals surface area (Å²) in [4.78, 5) is 18.8. The van der Waals surface area contributed by atoms with E-state index in [9.17, 15) is 13.6 Å². The number of amides is 1. The van der Waals surface area contributed by atoms with Gasteiger partial charge >= 0.3 is 0 Å². The van der Waals surface area contributed by atoms with Crippen molar-refractivity contribution in [3.05, 3.63) is 75.9 Å². The first-order valence-corrected chi connectivity index (χ1v) is 8.21. The predicted octanol–water partition coefficient (Wildman–Crippen LogP) is 4.36. The third-order valence-corrected chi connectivity index (χ3v) is 4.61. The summed E-state index contributed by atoms with van der Waals surface area (Å²) in [6, 6.07) is 10.4. The Labute approximate surface area is 147 Å². The van der Waals surface area contributed by atoms with Crippen molar-refractivity contribution in [2.75, 3.05) is 6.54 Å². The Hall–Kier alpha value is -2.53. The van der Waals surface area contributed by atoms with E-state index in [1.807, 2.05) is 18.2 Å². The minimum atomic E-state index is -0.848. The van der Waals surface area contributed by atoms with Gasteiger partial charge in [-0.15, -0.1) is 0 Å². The first-order chi connectivity index (χ1) is 12.0. The number of carbonyl (C=O) groups excluding carboxylic acids is 1. The second kappa shape index (κ2) is 6.08. The summed E-state index contributed by atoms with van der Waals surface area (Å²) in [7, 11) is 0. The van der Waals surface area contributed by atoms with E-state index in [2.05, 4.69) is 4.98 Å². The molecule has 0 saturated heterocycles. The third kappa shape index (κ3) is 2.96. The lowest BCUT2D eigenvalue weighted by atomic mass is 10.0. The van der Waals surface area contributed by atoms with Crippen LogP contribution in [0.5, 0.6) is 0 Å². The minimum Gasteiger partial charge on any atom is -0.334 e. The highest BCUT2D eigenvalue weighted by Gasteiger charge is 2.25. The number of halogens is 3. The molecule has 0 bridgehead atoms. The molecular weight excluding hydrogens is 346 g/mol. The summed E-state index contributed by atoms with van der Waals surface area (Å²) in [5.41, 5.74) is 2.57. The van der Waals surface area contributed by atoms with Crippen LogP contribution in [-0.4, -0.2) is 22.3 Å². The molecule has 4 rings (SSSR count). The summed E-state index contributed by atoms with van der Waals surface area (Å²) >= 11 is 6.03. The van der Waals surface area contributed by atoms with Gasteiger partial charge in [0.05, 0.1) is 11.1 Å². The standard InChI is InChI=1S/C19H13ClF2N2O/c20-13-1-4-17-11(8-13)7-12-10-24(6-5-18(12)23-17)19(25)15-3-2-14(21)9-16(15)22/h1-4,7-9H,5-6,10H2. The van der Waals surface area contributed by atoms with Crippen LogP contribution in [-0.2, 0) is 13.0 Å². The quantitative estimate of drug-likeness (QED) is 0.647. The van der Waals surface area contributed by atoms with E-state index in [1.165, 1.54) is 6.07 Å². The maximum absolute atomic E-state index is 13.9. The van der Waals surface area contributed by atoms with Crippen LogP contribution < -0.4 is 0 Å². The number of aromatic nitrogens is 1. The van der Waals surface area contributed by atoms with Crippen molar-refractivity contribution in [3.8, 4) is 0 Å². The van der Waals surface area contributed by atoms with E-state index in [0.29, 0.717) is 24.5 Å². The van der Waals surface area contributed by atoms with Crippen LogP contribution in [0.1, 0.15) is 21.6 Å².